The van der Waals surface area contributed by atoms with Crippen LogP contribution in [0.15, 0.2) is 12.3 Å². The molecule has 0 fully saturated rings. The van der Waals surface area contributed by atoms with Gasteiger partial charge in [-0.1, -0.05) is 0 Å². The molecule has 0 N–H and O–H groups in total. The highest BCUT2D eigenvalue weighted by atomic mass is 32.3. The zero-order valence-electron chi connectivity index (χ0n) is 11.4. The predicted octanol–water partition coefficient (Wildman–Crippen LogP) is 2.75. The standard InChI is InChI=1S/C13H23NO2S/c1-11-8-12(2)14-9-13(11)16-10-15-6-7-17(3,4)5/h8-9H,6-7,10H2,1-5H3. The van der Waals surface area contributed by atoms with Gasteiger partial charge in [-0.2, -0.15) is 0 Å². The first kappa shape index (κ1) is 14.3. The summed E-state index contributed by atoms with van der Waals surface area (Å²) >= 11 is 0. The molecule has 0 radical (unpaired) electrons. The maximum Gasteiger partial charge on any atom is 0.189 e. The SMILES string of the molecule is Cc1cc(C)c(OCOCCS(C)(C)C)cn1. The lowest BCUT2D eigenvalue weighted by atomic mass is 10.2. The number of aromatic nitrogens is 1. The number of nitrogens with zero attached hydrogens (tertiary/aromatic N) is 1. The molecular weight excluding hydrogens is 234 g/mol. The summed E-state index contributed by atoms with van der Waals surface area (Å²) in [6, 6.07) is 2.01. The average molecular weight is 257 g/mol. The number of ether oxygens (including phenoxy) is 2. The molecule has 0 bridgehead atoms. The monoisotopic (exact) mass is 257 g/mol. The van der Waals surface area contributed by atoms with E-state index in [2.05, 4.69) is 23.8 Å². The summed E-state index contributed by atoms with van der Waals surface area (Å²) in [6.07, 6.45) is 8.60. The van der Waals surface area contributed by atoms with Crippen molar-refractivity contribution in [3.63, 3.8) is 0 Å². The van der Waals surface area contributed by atoms with Gasteiger partial charge in [0.25, 0.3) is 0 Å². The van der Waals surface area contributed by atoms with Crippen LogP contribution in [0.5, 0.6) is 5.75 Å². The van der Waals surface area contributed by atoms with Gasteiger partial charge < -0.3 is 9.47 Å². The molecule has 4 heteroatoms. The molecule has 98 valence electrons. The molecule has 3 nitrogen and oxygen atoms in total. The third-order valence-electron chi connectivity index (χ3n) is 2.34. The number of aryl methyl sites for hydroxylation is 2. The minimum absolute atomic E-state index is 0.307. The van der Waals surface area contributed by atoms with Crippen LogP contribution >= 0.6 is 10.0 Å². The average Bonchev–Trinajstić information content (AvgIpc) is 2.18. The third kappa shape index (κ3) is 5.94. The lowest BCUT2D eigenvalue weighted by Crippen LogP contribution is -2.11. The van der Waals surface area contributed by atoms with Crippen LogP contribution in [0.2, 0.25) is 0 Å². The Hall–Kier alpha value is -0.740. The molecule has 0 saturated heterocycles. The summed E-state index contributed by atoms with van der Waals surface area (Å²) < 4.78 is 11.0. The van der Waals surface area contributed by atoms with Crippen molar-refractivity contribution in [3.8, 4) is 5.75 Å². The van der Waals surface area contributed by atoms with Crippen LogP contribution in [0.4, 0.5) is 0 Å². The second-order valence-electron chi connectivity index (χ2n) is 5.06. The van der Waals surface area contributed by atoms with E-state index in [4.69, 9.17) is 9.47 Å². The van der Waals surface area contributed by atoms with Gasteiger partial charge in [0.1, 0.15) is 5.75 Å². The molecule has 0 aliphatic heterocycles. The second kappa shape index (κ2) is 6.26. The van der Waals surface area contributed by atoms with Gasteiger partial charge in [0.15, 0.2) is 6.79 Å². The van der Waals surface area contributed by atoms with E-state index >= 15 is 0 Å². The molecule has 1 rings (SSSR count). The number of hydrogen-bond donors (Lipinski definition) is 0. The first-order chi connectivity index (χ1) is 7.88. The Balaban J connectivity index is 2.27. The molecule has 0 atom stereocenters. The Kier molecular flexibility index (Phi) is 5.28. The first-order valence-corrected chi connectivity index (χ1v) is 8.71. The van der Waals surface area contributed by atoms with Crippen LogP contribution in [0.3, 0.4) is 0 Å². The summed E-state index contributed by atoms with van der Waals surface area (Å²) in [5, 5.41) is 0. The number of rotatable bonds is 6. The highest BCUT2D eigenvalue weighted by Crippen LogP contribution is 2.33. The molecule has 1 aromatic heterocycles. The van der Waals surface area contributed by atoms with E-state index in [9.17, 15) is 0 Å². The maximum absolute atomic E-state index is 5.53. The van der Waals surface area contributed by atoms with E-state index in [0.29, 0.717) is 6.79 Å². The van der Waals surface area contributed by atoms with Gasteiger partial charge in [-0.15, -0.1) is 0 Å². The van der Waals surface area contributed by atoms with Crippen LogP contribution in [0.1, 0.15) is 11.3 Å². The Morgan fingerprint density at radius 3 is 2.53 bits per heavy atom. The van der Waals surface area contributed by atoms with E-state index in [1.54, 1.807) is 6.20 Å². The summed E-state index contributed by atoms with van der Waals surface area (Å²) in [6.45, 7) is 5.06. The van der Waals surface area contributed by atoms with Crippen molar-refractivity contribution >= 4 is 10.0 Å². The molecule has 0 spiro atoms. The quantitative estimate of drug-likeness (QED) is 0.580. The minimum atomic E-state index is -0.476. The van der Waals surface area contributed by atoms with E-state index in [-0.39, 0.29) is 0 Å². The first-order valence-electron chi connectivity index (χ1n) is 5.68. The van der Waals surface area contributed by atoms with Gasteiger partial charge in [0, 0.05) is 11.4 Å². The summed E-state index contributed by atoms with van der Waals surface area (Å²) in [5.74, 6) is 1.92. The normalized spacial score (nSPS) is 12.5. The van der Waals surface area contributed by atoms with Gasteiger partial charge in [0.05, 0.1) is 12.8 Å². The zero-order valence-corrected chi connectivity index (χ0v) is 12.3. The molecule has 0 aliphatic rings. The largest absolute Gasteiger partial charge is 0.466 e. The van der Waals surface area contributed by atoms with Crippen LogP contribution in [0.25, 0.3) is 0 Å². The van der Waals surface area contributed by atoms with Crippen LogP contribution in [-0.2, 0) is 4.74 Å². The van der Waals surface area contributed by atoms with Crippen LogP contribution in [0, 0.1) is 13.8 Å². The lowest BCUT2D eigenvalue weighted by molar-refractivity contribution is 0.0230. The topological polar surface area (TPSA) is 31.4 Å². The van der Waals surface area contributed by atoms with Gasteiger partial charge in [-0.25, -0.2) is 10.0 Å². The maximum atomic E-state index is 5.53. The highest BCUT2D eigenvalue weighted by molar-refractivity contribution is 8.32. The van der Waals surface area contributed by atoms with Crippen molar-refractivity contribution in [2.45, 2.75) is 13.8 Å². The van der Waals surface area contributed by atoms with E-state index < -0.39 is 10.0 Å². The Labute approximate surface area is 106 Å². The summed E-state index contributed by atoms with van der Waals surface area (Å²) in [7, 11) is -0.476. The van der Waals surface area contributed by atoms with Crippen molar-refractivity contribution in [1.82, 2.24) is 4.98 Å². The molecule has 17 heavy (non-hydrogen) atoms. The molecule has 0 saturated carbocycles. The lowest BCUT2D eigenvalue weighted by Gasteiger charge is -2.24. The third-order valence-corrected chi connectivity index (χ3v) is 3.73. The van der Waals surface area contributed by atoms with Gasteiger partial charge in [0.2, 0.25) is 0 Å². The van der Waals surface area contributed by atoms with Crippen molar-refractivity contribution < 1.29 is 9.47 Å². The molecule has 0 aromatic carbocycles. The van der Waals surface area contributed by atoms with Crippen molar-refractivity contribution in [1.29, 1.82) is 0 Å². The fourth-order valence-corrected chi connectivity index (χ4v) is 1.93. The van der Waals surface area contributed by atoms with Crippen molar-refractivity contribution in [2.75, 3.05) is 37.9 Å². The smallest absolute Gasteiger partial charge is 0.189 e. The summed E-state index contributed by atoms with van der Waals surface area (Å²) in [4.78, 5) is 4.20. The van der Waals surface area contributed by atoms with Crippen LogP contribution < -0.4 is 4.74 Å². The fourth-order valence-electron chi connectivity index (χ4n) is 1.31. The Morgan fingerprint density at radius 2 is 1.94 bits per heavy atom. The minimum Gasteiger partial charge on any atom is -0.466 e. The summed E-state index contributed by atoms with van der Waals surface area (Å²) in [5.41, 5.74) is 2.11. The second-order valence-corrected chi connectivity index (χ2v) is 9.65. The molecule has 1 heterocycles. The number of hydrogen-bond acceptors (Lipinski definition) is 3. The molecule has 0 aliphatic carbocycles. The van der Waals surface area contributed by atoms with E-state index in [1.165, 1.54) is 0 Å². The zero-order chi connectivity index (χ0) is 12.9. The van der Waals surface area contributed by atoms with E-state index in [0.717, 1.165) is 29.4 Å². The highest BCUT2D eigenvalue weighted by Gasteiger charge is 2.04. The van der Waals surface area contributed by atoms with E-state index in [1.807, 2.05) is 19.9 Å². The van der Waals surface area contributed by atoms with Gasteiger partial charge in [-0.05, 0) is 44.2 Å². The van der Waals surface area contributed by atoms with Crippen LogP contribution in [-0.4, -0.2) is 42.9 Å². The van der Waals surface area contributed by atoms with Crippen molar-refractivity contribution in [3.05, 3.63) is 23.5 Å². The number of pyridine rings is 1. The van der Waals surface area contributed by atoms with Gasteiger partial charge in [-0.3, -0.25) is 4.98 Å². The Bertz CT molecular complexity index is 361. The van der Waals surface area contributed by atoms with Crippen molar-refractivity contribution in [2.24, 2.45) is 0 Å². The predicted molar refractivity (Wildman–Crippen MR) is 75.4 cm³/mol. The Morgan fingerprint density at radius 1 is 1.24 bits per heavy atom. The fraction of sp³-hybridized carbons (Fsp3) is 0.615. The molecule has 0 unspecified atom stereocenters. The molecule has 1 aromatic rings. The molecular formula is C13H23NO2S. The van der Waals surface area contributed by atoms with Gasteiger partial charge >= 0.3 is 0 Å². The molecule has 0 amide bonds.